The molecule has 168 valence electrons. The molecule has 3 rings (SSSR count). The van der Waals surface area contributed by atoms with Crippen molar-refractivity contribution in [1.29, 1.82) is 0 Å². The van der Waals surface area contributed by atoms with Gasteiger partial charge >= 0.3 is 0 Å². The number of nitrogens with one attached hydrogen (secondary N) is 1. The number of nitrogens with zero attached hydrogens (tertiary/aromatic N) is 3. The minimum absolute atomic E-state index is 0.0472. The quantitative estimate of drug-likeness (QED) is 0.655. The van der Waals surface area contributed by atoms with Crippen molar-refractivity contribution in [1.82, 2.24) is 15.1 Å². The van der Waals surface area contributed by atoms with Gasteiger partial charge in [0, 0.05) is 51.5 Å². The van der Waals surface area contributed by atoms with Gasteiger partial charge in [-0.25, -0.2) is 0 Å². The Kier molecular flexibility index (Phi) is 8.93. The van der Waals surface area contributed by atoms with E-state index in [0.29, 0.717) is 19.0 Å². The molecule has 1 atom stereocenters. The molecule has 0 bridgehead atoms. The highest BCUT2D eigenvalue weighted by molar-refractivity contribution is 5.78. The smallest absolute Gasteiger partial charge is 0.234 e. The summed E-state index contributed by atoms with van der Waals surface area (Å²) in [6, 6.07) is 8.46. The summed E-state index contributed by atoms with van der Waals surface area (Å²) in [7, 11) is 2.00. The van der Waals surface area contributed by atoms with Crippen LogP contribution in [0.25, 0.3) is 0 Å². The van der Waals surface area contributed by atoms with Crippen LogP contribution in [0.1, 0.15) is 19.4 Å². The molecule has 0 aliphatic carbocycles. The van der Waals surface area contributed by atoms with Crippen LogP contribution < -0.4 is 10.2 Å². The summed E-state index contributed by atoms with van der Waals surface area (Å²) in [4.78, 5) is 19.4. The van der Waals surface area contributed by atoms with Crippen molar-refractivity contribution >= 4 is 11.6 Å². The second-order valence-electron chi connectivity index (χ2n) is 8.85. The van der Waals surface area contributed by atoms with Crippen LogP contribution in [-0.2, 0) is 20.8 Å². The van der Waals surface area contributed by atoms with Crippen molar-refractivity contribution in [3.05, 3.63) is 29.8 Å². The predicted molar refractivity (Wildman–Crippen MR) is 120 cm³/mol. The van der Waals surface area contributed by atoms with Crippen LogP contribution in [0.3, 0.4) is 0 Å². The van der Waals surface area contributed by atoms with Gasteiger partial charge in [-0.2, -0.15) is 0 Å². The predicted octanol–water partition coefficient (Wildman–Crippen LogP) is 1.43. The zero-order chi connectivity index (χ0) is 21.3. The summed E-state index contributed by atoms with van der Waals surface area (Å²) in [5.41, 5.74) is 2.49. The summed E-state index contributed by atoms with van der Waals surface area (Å²) >= 11 is 0. The second kappa shape index (κ2) is 11.6. The molecule has 7 nitrogen and oxygen atoms in total. The molecule has 0 aromatic heterocycles. The van der Waals surface area contributed by atoms with Crippen molar-refractivity contribution in [2.45, 2.75) is 26.5 Å². The van der Waals surface area contributed by atoms with Gasteiger partial charge in [0.1, 0.15) is 0 Å². The fraction of sp³-hybridized carbons (Fsp3) is 0.696. The van der Waals surface area contributed by atoms with E-state index in [4.69, 9.17) is 9.47 Å². The van der Waals surface area contributed by atoms with Crippen LogP contribution in [0, 0.1) is 5.92 Å². The van der Waals surface area contributed by atoms with Gasteiger partial charge in [-0.1, -0.05) is 32.0 Å². The number of para-hydroxylation sites is 1. The first-order valence-electron chi connectivity index (χ1n) is 11.2. The minimum Gasteiger partial charge on any atom is -0.378 e. The lowest BCUT2D eigenvalue weighted by Crippen LogP contribution is -2.49. The molecule has 1 N–H and O–H groups in total. The Morgan fingerprint density at radius 3 is 2.73 bits per heavy atom. The number of ether oxygens (including phenoxy) is 2. The molecule has 0 spiro atoms. The topological polar surface area (TPSA) is 57.3 Å². The van der Waals surface area contributed by atoms with E-state index in [9.17, 15) is 4.79 Å². The normalized spacial score (nSPS) is 20.7. The number of amides is 1. The monoisotopic (exact) mass is 418 g/mol. The first kappa shape index (κ1) is 23.0. The largest absolute Gasteiger partial charge is 0.378 e. The van der Waals surface area contributed by atoms with E-state index < -0.39 is 0 Å². The molecule has 2 heterocycles. The number of benzene rings is 1. The second-order valence-corrected chi connectivity index (χ2v) is 8.85. The minimum atomic E-state index is 0.0472. The van der Waals surface area contributed by atoms with E-state index in [1.54, 1.807) is 0 Å². The van der Waals surface area contributed by atoms with Crippen LogP contribution in [0.2, 0.25) is 0 Å². The maximum absolute atomic E-state index is 12.5. The Bertz CT molecular complexity index is 664. The van der Waals surface area contributed by atoms with Gasteiger partial charge in [-0.3, -0.25) is 14.6 Å². The highest BCUT2D eigenvalue weighted by Crippen LogP contribution is 2.22. The summed E-state index contributed by atoms with van der Waals surface area (Å²) in [5, 5.41) is 3.06. The number of hydrogen-bond acceptors (Lipinski definition) is 6. The summed E-state index contributed by atoms with van der Waals surface area (Å²) in [6.07, 6.45) is 0.0776. The van der Waals surface area contributed by atoms with Crippen LogP contribution >= 0.6 is 0 Å². The lowest BCUT2D eigenvalue weighted by atomic mass is 10.1. The molecule has 1 aromatic rings. The number of carbonyl (C=O) groups excluding carboxylic acids is 1. The highest BCUT2D eigenvalue weighted by Gasteiger charge is 2.22. The van der Waals surface area contributed by atoms with Crippen molar-refractivity contribution < 1.29 is 14.3 Å². The van der Waals surface area contributed by atoms with Crippen LogP contribution in [0.4, 0.5) is 5.69 Å². The van der Waals surface area contributed by atoms with E-state index in [0.717, 1.165) is 59.1 Å². The van der Waals surface area contributed by atoms with E-state index in [1.807, 2.05) is 7.05 Å². The Morgan fingerprint density at radius 2 is 1.97 bits per heavy atom. The van der Waals surface area contributed by atoms with E-state index >= 15 is 0 Å². The maximum atomic E-state index is 12.5. The number of hydrogen-bond donors (Lipinski definition) is 1. The fourth-order valence-electron chi connectivity index (χ4n) is 4.22. The zero-order valence-corrected chi connectivity index (χ0v) is 18.8. The van der Waals surface area contributed by atoms with Crippen LogP contribution in [0.5, 0.6) is 0 Å². The van der Waals surface area contributed by atoms with Crippen molar-refractivity contribution in [3.63, 3.8) is 0 Å². The van der Waals surface area contributed by atoms with Gasteiger partial charge in [-0.15, -0.1) is 0 Å². The molecular formula is C23H38N4O3. The van der Waals surface area contributed by atoms with Gasteiger partial charge in [0.25, 0.3) is 0 Å². The SMILES string of the molecule is CC(C)CN1CCOC(CNC(=O)CN(C)Cc2ccccc2N2CCOCC2)C1. The van der Waals surface area contributed by atoms with Crippen LogP contribution in [-0.4, -0.2) is 94.5 Å². The molecule has 1 unspecified atom stereocenters. The molecular weight excluding hydrogens is 380 g/mol. The Morgan fingerprint density at radius 1 is 1.20 bits per heavy atom. The Balaban J connectivity index is 1.44. The first-order valence-corrected chi connectivity index (χ1v) is 11.2. The molecule has 2 aliphatic rings. The van der Waals surface area contributed by atoms with Gasteiger partial charge in [0.15, 0.2) is 0 Å². The van der Waals surface area contributed by atoms with E-state index in [1.165, 1.54) is 11.3 Å². The van der Waals surface area contributed by atoms with Gasteiger partial charge < -0.3 is 19.7 Å². The molecule has 1 aromatic carbocycles. The van der Waals surface area contributed by atoms with Crippen molar-refractivity contribution in [2.24, 2.45) is 5.92 Å². The third-order valence-corrected chi connectivity index (χ3v) is 5.57. The Hall–Kier alpha value is -1.67. The third-order valence-electron chi connectivity index (χ3n) is 5.57. The third kappa shape index (κ3) is 7.23. The molecule has 2 aliphatic heterocycles. The number of likely N-dealkylation sites (N-methyl/N-ethyl adjacent to an activating group) is 1. The highest BCUT2D eigenvalue weighted by atomic mass is 16.5. The Labute approximate surface area is 181 Å². The van der Waals surface area contributed by atoms with Gasteiger partial charge in [-0.05, 0) is 24.6 Å². The number of anilines is 1. The first-order chi connectivity index (χ1) is 14.5. The summed E-state index contributed by atoms with van der Waals surface area (Å²) in [6.45, 7) is 13.2. The molecule has 0 saturated carbocycles. The van der Waals surface area contributed by atoms with Gasteiger partial charge in [0.2, 0.25) is 5.91 Å². The molecule has 7 heteroatoms. The van der Waals surface area contributed by atoms with E-state index in [2.05, 4.69) is 58.1 Å². The van der Waals surface area contributed by atoms with Crippen molar-refractivity contribution in [3.8, 4) is 0 Å². The van der Waals surface area contributed by atoms with Gasteiger partial charge in [0.05, 0.1) is 32.5 Å². The lowest BCUT2D eigenvalue weighted by Gasteiger charge is -2.34. The molecule has 0 radical (unpaired) electrons. The summed E-state index contributed by atoms with van der Waals surface area (Å²) < 4.78 is 11.3. The number of morpholine rings is 2. The lowest BCUT2D eigenvalue weighted by molar-refractivity contribution is -0.123. The fourth-order valence-corrected chi connectivity index (χ4v) is 4.22. The molecule has 2 saturated heterocycles. The summed E-state index contributed by atoms with van der Waals surface area (Å²) in [5.74, 6) is 0.693. The molecule has 30 heavy (non-hydrogen) atoms. The molecule has 2 fully saturated rings. The van der Waals surface area contributed by atoms with Crippen LogP contribution in [0.15, 0.2) is 24.3 Å². The number of rotatable bonds is 9. The maximum Gasteiger partial charge on any atom is 0.234 e. The van der Waals surface area contributed by atoms with Crippen molar-refractivity contribution in [2.75, 3.05) is 77.6 Å². The standard InChI is InChI=1S/C23H38N4O3/c1-19(2)15-26-8-13-30-21(17-26)14-24-23(28)18-25(3)16-20-6-4-5-7-22(20)27-9-11-29-12-10-27/h4-7,19,21H,8-18H2,1-3H3,(H,24,28). The molecule has 1 amide bonds. The average Bonchev–Trinajstić information content (AvgIpc) is 2.73. The zero-order valence-electron chi connectivity index (χ0n) is 18.8. The van der Waals surface area contributed by atoms with E-state index in [-0.39, 0.29) is 12.0 Å². The average molecular weight is 419 g/mol. The number of carbonyl (C=O) groups is 1.